The van der Waals surface area contributed by atoms with Gasteiger partial charge in [-0.3, -0.25) is 4.79 Å². The number of nitrogens with one attached hydrogen (secondary N) is 1. The van der Waals surface area contributed by atoms with Gasteiger partial charge >= 0.3 is 0 Å². The average Bonchev–Trinajstić information content (AvgIpc) is 3.19. The minimum atomic E-state index is -0.840. The van der Waals surface area contributed by atoms with Crippen LogP contribution in [-0.4, -0.2) is 34.9 Å². The summed E-state index contributed by atoms with van der Waals surface area (Å²) in [5.41, 5.74) is 0. The van der Waals surface area contributed by atoms with E-state index in [1.807, 2.05) is 6.08 Å². The first-order chi connectivity index (χ1) is 27.2. The van der Waals surface area contributed by atoms with Crippen molar-refractivity contribution in [3.05, 3.63) is 24.3 Å². The molecule has 0 aliphatic carbocycles. The summed E-state index contributed by atoms with van der Waals surface area (Å²) in [4.78, 5) is 12.3. The van der Waals surface area contributed by atoms with Gasteiger partial charge in [0, 0.05) is 6.42 Å². The number of allylic oxidation sites excluding steroid dienone is 3. The standard InChI is InChI=1S/C51H99NO3/c1-3-5-7-9-11-13-15-16-17-18-19-20-21-22-23-24-25-26-27-28-29-30-31-32-33-34-35-37-38-40-42-44-46-50(54)49(48-53)52-51(55)47-45-43-41-39-36-14-12-10-8-6-4-2/h10,12,44,46,49-50,53-54H,3-9,11,13-43,45,47-48H2,1-2H3,(H,52,55)/b12-10-,46-44+. The molecule has 0 aromatic carbocycles. The summed E-state index contributed by atoms with van der Waals surface area (Å²) in [6.45, 7) is 4.28. The van der Waals surface area contributed by atoms with Crippen LogP contribution in [0.1, 0.15) is 277 Å². The summed E-state index contributed by atoms with van der Waals surface area (Å²) >= 11 is 0. The molecule has 2 atom stereocenters. The van der Waals surface area contributed by atoms with Gasteiger partial charge in [0.2, 0.25) is 5.91 Å². The Morgan fingerprint density at radius 3 is 1.05 bits per heavy atom. The minimum absolute atomic E-state index is 0.0728. The second kappa shape index (κ2) is 47.2. The first-order valence-corrected chi connectivity index (χ1v) is 25.1. The number of aliphatic hydroxyl groups excluding tert-OH is 2. The third kappa shape index (κ3) is 43.8. The number of hydrogen-bond donors (Lipinski definition) is 3. The number of carbonyl (C=O) groups excluding carboxylic acids is 1. The molecule has 3 N–H and O–H groups in total. The predicted octanol–water partition coefficient (Wildman–Crippen LogP) is 16.0. The molecule has 1 amide bonds. The van der Waals surface area contributed by atoms with Crippen molar-refractivity contribution in [1.29, 1.82) is 0 Å². The van der Waals surface area contributed by atoms with Crippen LogP contribution in [0.15, 0.2) is 24.3 Å². The molecule has 0 aliphatic rings. The number of rotatable bonds is 46. The minimum Gasteiger partial charge on any atom is -0.394 e. The summed E-state index contributed by atoms with van der Waals surface area (Å²) in [5.74, 6) is -0.0728. The molecule has 326 valence electrons. The molecule has 0 aliphatic heterocycles. The normalized spacial score (nSPS) is 13.0. The number of amides is 1. The van der Waals surface area contributed by atoms with Crippen molar-refractivity contribution < 1.29 is 15.0 Å². The van der Waals surface area contributed by atoms with Crippen LogP contribution in [0.4, 0.5) is 0 Å². The third-order valence-corrected chi connectivity index (χ3v) is 11.7. The Balaban J connectivity index is 3.41. The highest BCUT2D eigenvalue weighted by Gasteiger charge is 2.18. The van der Waals surface area contributed by atoms with Gasteiger partial charge < -0.3 is 15.5 Å². The highest BCUT2D eigenvalue weighted by molar-refractivity contribution is 5.76. The Hall–Kier alpha value is -1.13. The van der Waals surface area contributed by atoms with Gasteiger partial charge in [-0.1, -0.05) is 256 Å². The molecule has 2 unspecified atom stereocenters. The number of aliphatic hydroxyl groups is 2. The maximum atomic E-state index is 12.3. The lowest BCUT2D eigenvalue weighted by molar-refractivity contribution is -0.123. The van der Waals surface area contributed by atoms with Gasteiger partial charge in [0.05, 0.1) is 18.8 Å². The second-order valence-electron chi connectivity index (χ2n) is 17.2. The third-order valence-electron chi connectivity index (χ3n) is 11.7. The monoisotopic (exact) mass is 774 g/mol. The average molecular weight is 774 g/mol. The Kier molecular flexibility index (Phi) is 46.3. The van der Waals surface area contributed by atoms with Gasteiger partial charge in [-0.2, -0.15) is 0 Å². The van der Waals surface area contributed by atoms with Crippen LogP contribution in [0.2, 0.25) is 0 Å². The molecule has 55 heavy (non-hydrogen) atoms. The molecule has 0 radical (unpaired) electrons. The smallest absolute Gasteiger partial charge is 0.220 e. The van der Waals surface area contributed by atoms with Crippen molar-refractivity contribution in [2.75, 3.05) is 6.61 Å². The summed E-state index contributed by atoms with van der Waals surface area (Å²) in [6, 6.07) is -0.623. The molecule has 0 heterocycles. The highest BCUT2D eigenvalue weighted by Crippen LogP contribution is 2.17. The van der Waals surface area contributed by atoms with E-state index in [-0.39, 0.29) is 12.5 Å². The predicted molar refractivity (Wildman–Crippen MR) is 244 cm³/mol. The molecule has 4 heteroatoms. The first-order valence-electron chi connectivity index (χ1n) is 25.1. The fourth-order valence-electron chi connectivity index (χ4n) is 7.81. The van der Waals surface area contributed by atoms with Gasteiger partial charge in [-0.25, -0.2) is 0 Å². The summed E-state index contributed by atoms with van der Waals surface area (Å²) in [6.07, 6.45) is 61.9. The zero-order chi connectivity index (χ0) is 40.0. The summed E-state index contributed by atoms with van der Waals surface area (Å²) < 4.78 is 0. The van der Waals surface area contributed by atoms with E-state index in [9.17, 15) is 15.0 Å². The quantitative estimate of drug-likeness (QED) is 0.0426. The van der Waals surface area contributed by atoms with Crippen LogP contribution in [0.25, 0.3) is 0 Å². The topological polar surface area (TPSA) is 69.6 Å². The van der Waals surface area contributed by atoms with Crippen molar-refractivity contribution in [3.63, 3.8) is 0 Å². The van der Waals surface area contributed by atoms with Crippen LogP contribution in [0.3, 0.4) is 0 Å². The largest absolute Gasteiger partial charge is 0.394 e. The molecule has 0 saturated carbocycles. The van der Waals surface area contributed by atoms with E-state index < -0.39 is 12.1 Å². The Morgan fingerprint density at radius 2 is 0.709 bits per heavy atom. The molecule has 4 nitrogen and oxygen atoms in total. The van der Waals surface area contributed by atoms with E-state index in [1.54, 1.807) is 6.08 Å². The molecule has 0 spiro atoms. The van der Waals surface area contributed by atoms with Crippen molar-refractivity contribution >= 4 is 5.91 Å². The Labute approximate surface area is 345 Å². The number of unbranched alkanes of at least 4 members (excludes halogenated alkanes) is 37. The van der Waals surface area contributed by atoms with Gasteiger partial charge in [0.15, 0.2) is 0 Å². The number of hydrogen-bond acceptors (Lipinski definition) is 3. The fourth-order valence-corrected chi connectivity index (χ4v) is 7.81. The first kappa shape index (κ1) is 53.9. The molecule has 0 fully saturated rings. The fraction of sp³-hybridized carbons (Fsp3) is 0.902. The van der Waals surface area contributed by atoms with Gasteiger partial charge in [-0.05, 0) is 38.5 Å². The van der Waals surface area contributed by atoms with Crippen molar-refractivity contribution in [2.24, 2.45) is 0 Å². The van der Waals surface area contributed by atoms with Crippen LogP contribution in [-0.2, 0) is 4.79 Å². The van der Waals surface area contributed by atoms with E-state index in [2.05, 4.69) is 31.3 Å². The van der Waals surface area contributed by atoms with Gasteiger partial charge in [0.1, 0.15) is 0 Å². The molecule has 0 bridgehead atoms. The van der Waals surface area contributed by atoms with Crippen molar-refractivity contribution in [2.45, 2.75) is 289 Å². The highest BCUT2D eigenvalue weighted by atomic mass is 16.3. The summed E-state index contributed by atoms with van der Waals surface area (Å²) in [5, 5.41) is 23.0. The lowest BCUT2D eigenvalue weighted by Crippen LogP contribution is -2.45. The molecular weight excluding hydrogens is 675 g/mol. The van der Waals surface area contributed by atoms with Crippen LogP contribution in [0, 0.1) is 0 Å². The van der Waals surface area contributed by atoms with Crippen LogP contribution in [0.5, 0.6) is 0 Å². The summed E-state index contributed by atoms with van der Waals surface area (Å²) in [7, 11) is 0. The van der Waals surface area contributed by atoms with Gasteiger partial charge in [-0.15, -0.1) is 0 Å². The SMILES string of the molecule is CCCC/C=C\CCCCCCCC(=O)NC(CO)C(O)/C=C/CCCCCCCCCCCCCCCCCCCCCCCCCCCCCCCC. The zero-order valence-electron chi connectivity index (χ0n) is 37.5. The van der Waals surface area contributed by atoms with Gasteiger partial charge in [0.25, 0.3) is 0 Å². The van der Waals surface area contributed by atoms with E-state index in [4.69, 9.17) is 0 Å². The zero-order valence-corrected chi connectivity index (χ0v) is 37.5. The second-order valence-corrected chi connectivity index (χ2v) is 17.2. The maximum Gasteiger partial charge on any atom is 0.220 e. The van der Waals surface area contributed by atoms with Crippen molar-refractivity contribution in [1.82, 2.24) is 5.32 Å². The molecule has 0 aromatic rings. The maximum absolute atomic E-state index is 12.3. The molecular formula is C51H99NO3. The molecule has 0 aromatic heterocycles. The Bertz CT molecular complexity index is 795. The molecule has 0 rings (SSSR count). The lowest BCUT2D eigenvalue weighted by atomic mass is 10.0. The van der Waals surface area contributed by atoms with Crippen molar-refractivity contribution in [3.8, 4) is 0 Å². The Morgan fingerprint density at radius 1 is 0.418 bits per heavy atom. The lowest BCUT2D eigenvalue weighted by Gasteiger charge is -2.20. The molecule has 0 saturated heterocycles. The van der Waals surface area contributed by atoms with Crippen LogP contribution >= 0.6 is 0 Å². The van der Waals surface area contributed by atoms with E-state index in [0.29, 0.717) is 6.42 Å². The van der Waals surface area contributed by atoms with E-state index in [1.165, 1.54) is 218 Å². The number of carbonyl (C=O) groups is 1. The van der Waals surface area contributed by atoms with E-state index >= 15 is 0 Å². The van der Waals surface area contributed by atoms with E-state index in [0.717, 1.165) is 38.5 Å². The van der Waals surface area contributed by atoms with Crippen LogP contribution < -0.4 is 5.32 Å².